The number of aromatic nitrogens is 2. The van der Waals surface area contributed by atoms with Gasteiger partial charge in [-0.15, -0.1) is 0 Å². The summed E-state index contributed by atoms with van der Waals surface area (Å²) in [7, 11) is -3.59. The molecule has 7 nitrogen and oxygen atoms in total. The van der Waals surface area contributed by atoms with Crippen molar-refractivity contribution in [2.75, 3.05) is 13.1 Å². The molecule has 0 atom stereocenters. The molecular formula is C14H17N3O4S. The van der Waals surface area contributed by atoms with Gasteiger partial charge in [0.15, 0.2) is 0 Å². The molecule has 1 fully saturated rings. The second kappa shape index (κ2) is 5.36. The number of hydrogen-bond acceptors (Lipinski definition) is 4. The topological polar surface area (TPSA) is 103 Å². The molecule has 2 heterocycles. The summed E-state index contributed by atoms with van der Waals surface area (Å²) in [6, 6.07) is 3.00. The maximum atomic E-state index is 12.8. The van der Waals surface area contributed by atoms with Gasteiger partial charge in [-0.05, 0) is 37.5 Å². The largest absolute Gasteiger partial charge is 0.316 e. The van der Waals surface area contributed by atoms with E-state index in [0.29, 0.717) is 29.7 Å². The highest BCUT2D eigenvalue weighted by Crippen LogP contribution is 2.25. The maximum Gasteiger partial charge on any atom is 0.314 e. The molecule has 0 unspecified atom stereocenters. The Morgan fingerprint density at radius 2 is 1.50 bits per heavy atom. The van der Waals surface area contributed by atoms with Gasteiger partial charge in [0.25, 0.3) is 0 Å². The molecule has 2 N–H and O–H groups in total. The molecule has 0 saturated carbocycles. The number of aryl methyl sites for hydroxylation is 1. The van der Waals surface area contributed by atoms with E-state index in [9.17, 15) is 18.0 Å². The Morgan fingerprint density at radius 1 is 0.955 bits per heavy atom. The van der Waals surface area contributed by atoms with E-state index in [1.807, 2.05) is 0 Å². The van der Waals surface area contributed by atoms with Crippen LogP contribution in [0.1, 0.15) is 24.8 Å². The van der Waals surface area contributed by atoms with Crippen LogP contribution in [0.3, 0.4) is 0 Å². The molecule has 1 aliphatic rings. The van der Waals surface area contributed by atoms with E-state index in [4.69, 9.17) is 0 Å². The Morgan fingerprint density at radius 3 is 2.09 bits per heavy atom. The van der Waals surface area contributed by atoms with Gasteiger partial charge in [-0.1, -0.05) is 6.42 Å². The lowest BCUT2D eigenvalue weighted by molar-refractivity contribution is 0.346. The summed E-state index contributed by atoms with van der Waals surface area (Å²) in [4.78, 5) is 27.8. The number of fused-ring (bicyclic) bond motifs is 1. The number of H-pyrrole nitrogens is 2. The summed E-state index contributed by atoms with van der Waals surface area (Å²) in [5.74, 6) is 0. The molecule has 22 heavy (non-hydrogen) atoms. The van der Waals surface area contributed by atoms with Gasteiger partial charge in [0, 0.05) is 13.1 Å². The average Bonchev–Trinajstić information content (AvgIpc) is 2.49. The summed E-state index contributed by atoms with van der Waals surface area (Å²) < 4.78 is 27.0. The maximum absolute atomic E-state index is 12.8. The van der Waals surface area contributed by atoms with Crippen LogP contribution >= 0.6 is 0 Å². The standard InChI is InChI=1S/C14H17N3O4S/c1-9-7-10-11(16-14(19)13(18)15-10)8-12(9)22(20,21)17-5-3-2-4-6-17/h7-8H,2-6H2,1H3,(H,15,18)(H,16,19). The van der Waals surface area contributed by atoms with E-state index >= 15 is 0 Å². The molecular weight excluding hydrogens is 306 g/mol. The normalized spacial score (nSPS) is 17.0. The van der Waals surface area contributed by atoms with Crippen LogP contribution in [0.4, 0.5) is 0 Å². The molecule has 3 rings (SSSR count). The second-order valence-electron chi connectivity index (χ2n) is 5.54. The molecule has 0 radical (unpaired) electrons. The smallest absolute Gasteiger partial charge is 0.314 e. The van der Waals surface area contributed by atoms with Crippen molar-refractivity contribution in [1.29, 1.82) is 0 Å². The minimum atomic E-state index is -3.59. The molecule has 0 spiro atoms. The van der Waals surface area contributed by atoms with Crippen molar-refractivity contribution in [2.45, 2.75) is 31.1 Å². The van der Waals surface area contributed by atoms with Crippen LogP contribution < -0.4 is 11.1 Å². The van der Waals surface area contributed by atoms with Crippen LogP contribution in [0.25, 0.3) is 11.0 Å². The predicted octanol–water partition coefficient (Wildman–Crippen LogP) is 0.699. The van der Waals surface area contributed by atoms with Crippen molar-refractivity contribution in [2.24, 2.45) is 0 Å². The van der Waals surface area contributed by atoms with Crippen LogP contribution in [0.5, 0.6) is 0 Å². The lowest BCUT2D eigenvalue weighted by atomic mass is 10.2. The number of aromatic amines is 2. The van der Waals surface area contributed by atoms with Gasteiger partial charge in [-0.25, -0.2) is 8.42 Å². The summed E-state index contributed by atoms with van der Waals surface area (Å²) in [6.45, 7) is 2.71. The zero-order chi connectivity index (χ0) is 15.9. The minimum absolute atomic E-state index is 0.171. The van der Waals surface area contributed by atoms with Crippen molar-refractivity contribution in [3.63, 3.8) is 0 Å². The monoisotopic (exact) mass is 323 g/mol. The Balaban J connectivity index is 2.18. The Hall–Kier alpha value is -1.93. The number of benzene rings is 1. The summed E-state index contributed by atoms with van der Waals surface area (Å²) >= 11 is 0. The first-order valence-corrected chi connectivity index (χ1v) is 8.61. The van der Waals surface area contributed by atoms with E-state index in [-0.39, 0.29) is 4.90 Å². The van der Waals surface area contributed by atoms with Gasteiger partial charge in [-0.3, -0.25) is 9.59 Å². The third-order valence-corrected chi connectivity index (χ3v) is 5.99. The highest BCUT2D eigenvalue weighted by molar-refractivity contribution is 7.89. The predicted molar refractivity (Wildman–Crippen MR) is 82.5 cm³/mol. The fraction of sp³-hybridized carbons (Fsp3) is 0.429. The number of hydrogen-bond donors (Lipinski definition) is 2. The zero-order valence-electron chi connectivity index (χ0n) is 12.2. The van der Waals surface area contributed by atoms with Crippen LogP contribution in [-0.4, -0.2) is 35.8 Å². The zero-order valence-corrected chi connectivity index (χ0v) is 13.0. The second-order valence-corrected chi connectivity index (χ2v) is 7.44. The van der Waals surface area contributed by atoms with Gasteiger partial charge in [-0.2, -0.15) is 4.31 Å². The van der Waals surface area contributed by atoms with Gasteiger partial charge >= 0.3 is 11.1 Å². The molecule has 0 aliphatic carbocycles. The Labute approximate surface area is 127 Å². The van der Waals surface area contributed by atoms with Crippen LogP contribution in [0, 0.1) is 6.92 Å². The van der Waals surface area contributed by atoms with Gasteiger partial charge in [0.2, 0.25) is 10.0 Å². The van der Waals surface area contributed by atoms with E-state index in [0.717, 1.165) is 19.3 Å². The van der Waals surface area contributed by atoms with E-state index in [1.54, 1.807) is 13.0 Å². The number of nitrogens with one attached hydrogen (secondary N) is 2. The van der Waals surface area contributed by atoms with Crippen molar-refractivity contribution < 1.29 is 8.42 Å². The first-order valence-electron chi connectivity index (χ1n) is 7.17. The summed E-state index contributed by atoms with van der Waals surface area (Å²) in [5.41, 5.74) is -0.275. The Kier molecular flexibility index (Phi) is 3.65. The lowest BCUT2D eigenvalue weighted by Gasteiger charge is -2.26. The highest BCUT2D eigenvalue weighted by atomic mass is 32.2. The molecule has 2 aromatic rings. The van der Waals surface area contributed by atoms with E-state index in [2.05, 4.69) is 9.97 Å². The number of piperidine rings is 1. The quantitative estimate of drug-likeness (QED) is 0.794. The van der Waals surface area contributed by atoms with Crippen molar-refractivity contribution in [3.05, 3.63) is 38.4 Å². The van der Waals surface area contributed by atoms with E-state index < -0.39 is 21.1 Å². The third kappa shape index (κ3) is 2.48. The minimum Gasteiger partial charge on any atom is -0.316 e. The fourth-order valence-corrected chi connectivity index (χ4v) is 4.52. The van der Waals surface area contributed by atoms with Crippen molar-refractivity contribution in [1.82, 2.24) is 14.3 Å². The summed E-state index contributed by atoms with van der Waals surface area (Å²) in [6.07, 6.45) is 2.75. The van der Waals surface area contributed by atoms with Gasteiger partial charge in [0.05, 0.1) is 15.9 Å². The van der Waals surface area contributed by atoms with Crippen LogP contribution in [0.2, 0.25) is 0 Å². The summed E-state index contributed by atoms with van der Waals surface area (Å²) in [5, 5.41) is 0. The molecule has 1 aliphatic heterocycles. The molecule has 0 amide bonds. The van der Waals surface area contributed by atoms with Crippen molar-refractivity contribution >= 4 is 21.1 Å². The van der Waals surface area contributed by atoms with Crippen LogP contribution in [0.15, 0.2) is 26.6 Å². The van der Waals surface area contributed by atoms with Gasteiger partial charge in [0.1, 0.15) is 0 Å². The van der Waals surface area contributed by atoms with Crippen molar-refractivity contribution in [3.8, 4) is 0 Å². The van der Waals surface area contributed by atoms with Gasteiger partial charge < -0.3 is 9.97 Å². The third-order valence-electron chi connectivity index (χ3n) is 3.95. The SMILES string of the molecule is Cc1cc2[nH]c(=O)c(=O)[nH]c2cc1S(=O)(=O)N1CCCCC1. The first kappa shape index (κ1) is 15.0. The first-order chi connectivity index (χ1) is 10.4. The molecule has 118 valence electrons. The fourth-order valence-electron chi connectivity index (χ4n) is 2.78. The molecule has 0 bridgehead atoms. The highest BCUT2D eigenvalue weighted by Gasteiger charge is 2.27. The lowest BCUT2D eigenvalue weighted by Crippen LogP contribution is -2.36. The molecule has 1 aromatic carbocycles. The number of nitrogens with zero attached hydrogens (tertiary/aromatic N) is 1. The number of sulfonamides is 1. The molecule has 8 heteroatoms. The van der Waals surface area contributed by atoms with E-state index in [1.165, 1.54) is 10.4 Å². The number of rotatable bonds is 2. The molecule has 1 saturated heterocycles. The Bertz CT molecular complexity index is 937. The average molecular weight is 323 g/mol. The molecule has 1 aromatic heterocycles. The van der Waals surface area contributed by atoms with Crippen LogP contribution in [-0.2, 0) is 10.0 Å².